The lowest BCUT2D eigenvalue weighted by atomic mass is 9.78. The highest BCUT2D eigenvalue weighted by molar-refractivity contribution is 6.09. The molecule has 0 bridgehead atoms. The molecule has 1 aromatic carbocycles. The number of hydrogen-bond donors (Lipinski definition) is 2. The van der Waals surface area contributed by atoms with Crippen LogP contribution in [0.4, 0.5) is 5.69 Å². The van der Waals surface area contributed by atoms with Crippen LogP contribution in [0.5, 0.6) is 0 Å². The Bertz CT molecular complexity index is 743. The summed E-state index contributed by atoms with van der Waals surface area (Å²) in [5, 5.41) is 6.38. The summed E-state index contributed by atoms with van der Waals surface area (Å²) < 4.78 is 0. The zero-order valence-electron chi connectivity index (χ0n) is 15.2. The minimum Gasteiger partial charge on any atom is -0.353 e. The van der Waals surface area contributed by atoms with Gasteiger partial charge in [-0.05, 0) is 44.7 Å². The lowest BCUT2D eigenvalue weighted by molar-refractivity contribution is -0.138. The quantitative estimate of drug-likeness (QED) is 0.859. The summed E-state index contributed by atoms with van der Waals surface area (Å²) in [5.41, 5.74) is 1.06. The first-order chi connectivity index (χ1) is 12.7. The first-order valence-electron chi connectivity index (χ1n) is 10.2. The Hall–Kier alpha value is -1.88. The van der Waals surface area contributed by atoms with Crippen LogP contribution in [-0.4, -0.2) is 35.3 Å². The molecule has 5 rings (SSSR count). The fraction of sp³-hybridized carbons (Fsp3) is 0.619. The SMILES string of the molecule is O=C(NC1CCCCC1)C1CC2CCCN2C12C(=O)Nc1ccccc12. The van der Waals surface area contributed by atoms with Crippen molar-refractivity contribution in [2.45, 2.75) is 69.0 Å². The minimum atomic E-state index is -0.809. The summed E-state index contributed by atoms with van der Waals surface area (Å²) in [5.74, 6) is -0.219. The molecule has 3 atom stereocenters. The summed E-state index contributed by atoms with van der Waals surface area (Å²) in [4.78, 5) is 28.9. The van der Waals surface area contributed by atoms with E-state index >= 15 is 0 Å². The van der Waals surface area contributed by atoms with E-state index < -0.39 is 5.54 Å². The Morgan fingerprint density at radius 3 is 2.77 bits per heavy atom. The minimum absolute atomic E-state index is 0.00751. The number of carbonyl (C=O) groups is 2. The van der Waals surface area contributed by atoms with E-state index in [1.807, 2.05) is 24.3 Å². The van der Waals surface area contributed by atoms with Crippen molar-refractivity contribution in [3.05, 3.63) is 29.8 Å². The highest BCUT2D eigenvalue weighted by Crippen LogP contribution is 2.55. The van der Waals surface area contributed by atoms with Gasteiger partial charge in [0.15, 0.2) is 0 Å². The molecule has 3 unspecified atom stereocenters. The Morgan fingerprint density at radius 2 is 1.92 bits per heavy atom. The molecule has 3 heterocycles. The lowest BCUT2D eigenvalue weighted by Crippen LogP contribution is -2.55. The molecule has 2 saturated heterocycles. The van der Waals surface area contributed by atoms with Gasteiger partial charge < -0.3 is 10.6 Å². The molecular formula is C21H27N3O2. The molecule has 138 valence electrons. The summed E-state index contributed by atoms with van der Waals surface area (Å²) in [6, 6.07) is 8.56. The van der Waals surface area contributed by atoms with Crippen molar-refractivity contribution in [1.82, 2.24) is 10.2 Å². The van der Waals surface area contributed by atoms with Gasteiger partial charge in [0.1, 0.15) is 5.54 Å². The molecule has 2 amide bonds. The van der Waals surface area contributed by atoms with Crippen LogP contribution in [0.3, 0.4) is 0 Å². The van der Waals surface area contributed by atoms with Gasteiger partial charge in [0.2, 0.25) is 11.8 Å². The third kappa shape index (κ3) is 2.19. The number of rotatable bonds is 2. The zero-order chi connectivity index (χ0) is 17.7. The predicted octanol–water partition coefficient (Wildman–Crippen LogP) is 2.77. The largest absolute Gasteiger partial charge is 0.353 e. The van der Waals surface area contributed by atoms with Gasteiger partial charge in [0.05, 0.1) is 5.92 Å². The van der Waals surface area contributed by atoms with Crippen molar-refractivity contribution < 1.29 is 9.59 Å². The molecule has 1 aliphatic carbocycles. The van der Waals surface area contributed by atoms with E-state index in [-0.39, 0.29) is 23.8 Å². The number of anilines is 1. The molecule has 0 aromatic heterocycles. The monoisotopic (exact) mass is 353 g/mol. The van der Waals surface area contributed by atoms with Crippen LogP contribution >= 0.6 is 0 Å². The Morgan fingerprint density at radius 1 is 1.12 bits per heavy atom. The van der Waals surface area contributed by atoms with Crippen LogP contribution in [0.15, 0.2) is 24.3 Å². The van der Waals surface area contributed by atoms with Crippen LogP contribution in [0.25, 0.3) is 0 Å². The first kappa shape index (κ1) is 16.3. The summed E-state index contributed by atoms with van der Waals surface area (Å²) >= 11 is 0. The molecule has 26 heavy (non-hydrogen) atoms. The summed E-state index contributed by atoms with van der Waals surface area (Å²) in [6.45, 7) is 0.902. The number of nitrogens with zero attached hydrogens (tertiary/aromatic N) is 1. The molecule has 5 nitrogen and oxygen atoms in total. The smallest absolute Gasteiger partial charge is 0.250 e. The van der Waals surface area contributed by atoms with E-state index in [2.05, 4.69) is 15.5 Å². The molecule has 4 aliphatic rings. The number of nitrogens with one attached hydrogen (secondary N) is 2. The van der Waals surface area contributed by atoms with E-state index in [0.717, 1.165) is 49.9 Å². The molecule has 3 fully saturated rings. The maximum atomic E-state index is 13.3. The average molecular weight is 353 g/mol. The second kappa shape index (κ2) is 6.08. The van der Waals surface area contributed by atoms with Crippen LogP contribution < -0.4 is 10.6 Å². The van der Waals surface area contributed by atoms with E-state index in [4.69, 9.17) is 0 Å². The normalized spacial score (nSPS) is 33.9. The molecule has 2 N–H and O–H groups in total. The summed E-state index contributed by atoms with van der Waals surface area (Å²) in [7, 11) is 0. The Balaban J connectivity index is 1.52. The van der Waals surface area contributed by atoms with Gasteiger partial charge in [-0.15, -0.1) is 0 Å². The van der Waals surface area contributed by atoms with Crippen molar-refractivity contribution in [3.63, 3.8) is 0 Å². The van der Waals surface area contributed by atoms with Crippen molar-refractivity contribution in [2.24, 2.45) is 5.92 Å². The van der Waals surface area contributed by atoms with Crippen molar-refractivity contribution in [3.8, 4) is 0 Å². The van der Waals surface area contributed by atoms with Crippen LogP contribution in [0.2, 0.25) is 0 Å². The fourth-order valence-electron chi connectivity index (χ4n) is 5.93. The van der Waals surface area contributed by atoms with Crippen molar-refractivity contribution >= 4 is 17.5 Å². The van der Waals surface area contributed by atoms with Gasteiger partial charge in [-0.25, -0.2) is 0 Å². The molecule has 1 saturated carbocycles. The van der Waals surface area contributed by atoms with Gasteiger partial charge in [0.25, 0.3) is 0 Å². The van der Waals surface area contributed by atoms with Gasteiger partial charge in [-0.1, -0.05) is 37.5 Å². The highest BCUT2D eigenvalue weighted by Gasteiger charge is 2.65. The number of para-hydroxylation sites is 1. The van der Waals surface area contributed by atoms with E-state index in [0.29, 0.717) is 6.04 Å². The van der Waals surface area contributed by atoms with Gasteiger partial charge >= 0.3 is 0 Å². The van der Waals surface area contributed by atoms with Crippen molar-refractivity contribution in [1.29, 1.82) is 0 Å². The number of hydrogen-bond acceptors (Lipinski definition) is 3. The molecule has 0 radical (unpaired) electrons. The standard InChI is InChI=1S/C21H27N3O2/c25-19(22-14-7-2-1-3-8-14)17-13-15-9-6-12-24(15)21(17)16-10-4-5-11-18(16)23-20(21)26/h4-5,10-11,14-15,17H,1-3,6-9,12-13H2,(H,22,25)(H,23,26). The third-order valence-corrected chi connectivity index (χ3v) is 7.04. The van der Waals surface area contributed by atoms with Gasteiger partial charge in [0, 0.05) is 23.3 Å². The van der Waals surface area contributed by atoms with Crippen LogP contribution in [-0.2, 0) is 15.1 Å². The highest BCUT2D eigenvalue weighted by atomic mass is 16.2. The maximum absolute atomic E-state index is 13.3. The van der Waals surface area contributed by atoms with Crippen LogP contribution in [0.1, 0.15) is 56.9 Å². The first-order valence-corrected chi connectivity index (χ1v) is 10.2. The number of fused-ring (bicyclic) bond motifs is 4. The second-order valence-corrected chi connectivity index (χ2v) is 8.39. The Kier molecular flexibility index (Phi) is 3.82. The third-order valence-electron chi connectivity index (χ3n) is 7.04. The zero-order valence-corrected chi connectivity index (χ0v) is 15.2. The van der Waals surface area contributed by atoms with E-state index in [9.17, 15) is 9.59 Å². The molecule has 5 heteroatoms. The Labute approximate surface area is 154 Å². The predicted molar refractivity (Wildman–Crippen MR) is 99.6 cm³/mol. The number of benzene rings is 1. The van der Waals surface area contributed by atoms with E-state index in [1.54, 1.807) is 0 Å². The summed E-state index contributed by atoms with van der Waals surface area (Å²) in [6.07, 6.45) is 8.79. The van der Waals surface area contributed by atoms with Gasteiger partial charge in [-0.3, -0.25) is 14.5 Å². The van der Waals surface area contributed by atoms with Crippen molar-refractivity contribution in [2.75, 3.05) is 11.9 Å². The molecule has 3 aliphatic heterocycles. The molecular weight excluding hydrogens is 326 g/mol. The lowest BCUT2D eigenvalue weighted by Gasteiger charge is -2.37. The maximum Gasteiger partial charge on any atom is 0.250 e. The average Bonchev–Trinajstić information content (AvgIpc) is 3.31. The van der Waals surface area contributed by atoms with E-state index in [1.165, 1.54) is 19.3 Å². The number of carbonyl (C=O) groups excluding carboxylic acids is 2. The topological polar surface area (TPSA) is 61.4 Å². The van der Waals surface area contributed by atoms with Crippen LogP contribution in [0, 0.1) is 5.92 Å². The second-order valence-electron chi connectivity index (χ2n) is 8.39. The van der Waals surface area contributed by atoms with Gasteiger partial charge in [-0.2, -0.15) is 0 Å². The number of amides is 2. The fourth-order valence-corrected chi connectivity index (χ4v) is 5.93. The molecule has 1 spiro atoms. The molecule has 1 aromatic rings.